The van der Waals surface area contributed by atoms with Gasteiger partial charge in [0.05, 0.1) is 14.9 Å². The molecule has 3 aromatic rings. The quantitative estimate of drug-likeness (QED) is 0.335. The molecule has 0 unspecified atom stereocenters. The number of rotatable bonds is 10. The van der Waals surface area contributed by atoms with E-state index < -0.39 is 15.6 Å². The van der Waals surface area contributed by atoms with Gasteiger partial charge in [0.15, 0.2) is 0 Å². The van der Waals surface area contributed by atoms with Crippen molar-refractivity contribution in [2.45, 2.75) is 41.5 Å². The van der Waals surface area contributed by atoms with E-state index in [0.717, 1.165) is 43.7 Å². The fourth-order valence-electron chi connectivity index (χ4n) is 5.88. The number of sulfonamides is 1. The van der Waals surface area contributed by atoms with Crippen LogP contribution in [0, 0.1) is 0 Å². The van der Waals surface area contributed by atoms with E-state index in [4.69, 9.17) is 28.9 Å². The van der Waals surface area contributed by atoms with Crippen LogP contribution in [0.25, 0.3) is 0 Å². The number of nitrogens with one attached hydrogen (secondary N) is 1. The zero-order valence-corrected chi connectivity index (χ0v) is 24.6. The van der Waals surface area contributed by atoms with E-state index in [1.807, 2.05) is 42.5 Å². The largest absolute Gasteiger partial charge is 0.371 e. The lowest BCUT2D eigenvalue weighted by Gasteiger charge is -2.50. The number of hydrogen-bond acceptors (Lipinski definition) is 5. The summed E-state index contributed by atoms with van der Waals surface area (Å²) in [4.78, 5) is 15.1. The Morgan fingerprint density at radius 2 is 1.52 bits per heavy atom. The summed E-state index contributed by atoms with van der Waals surface area (Å²) in [5.41, 5.74) is 6.63. The lowest BCUT2D eigenvalue weighted by atomic mass is 9.72. The zero-order chi connectivity index (χ0) is 28.4. The molecule has 0 spiro atoms. The van der Waals surface area contributed by atoms with Crippen LogP contribution in [0.3, 0.4) is 0 Å². The van der Waals surface area contributed by atoms with Gasteiger partial charge in [0.2, 0.25) is 15.9 Å². The molecule has 7 nitrogen and oxygen atoms in total. The summed E-state index contributed by atoms with van der Waals surface area (Å²) in [5, 5.41) is 4.33. The first-order chi connectivity index (χ1) is 19.1. The van der Waals surface area contributed by atoms with Crippen molar-refractivity contribution in [3.05, 3.63) is 94.5 Å². The minimum atomic E-state index is -3.58. The topological polar surface area (TPSA) is 95.7 Å². The Balaban J connectivity index is 1.24. The Labute approximate surface area is 246 Å². The van der Waals surface area contributed by atoms with Crippen molar-refractivity contribution in [2.24, 2.45) is 5.73 Å². The number of likely N-dealkylation sites (tertiary alicyclic amines) is 1. The molecule has 0 atom stereocenters. The van der Waals surface area contributed by atoms with E-state index in [1.165, 1.54) is 0 Å². The molecular formula is C30H34Cl2N4O3S. The number of halogens is 2. The number of nitrogens with zero attached hydrogens (tertiary/aromatic N) is 2. The molecule has 2 aliphatic rings. The molecule has 0 saturated carbocycles. The number of benzene rings is 3. The Hall–Kier alpha value is -2.62. The van der Waals surface area contributed by atoms with Crippen LogP contribution in [0.1, 0.15) is 31.2 Å². The Morgan fingerprint density at radius 1 is 0.900 bits per heavy atom. The van der Waals surface area contributed by atoms with Crippen molar-refractivity contribution in [1.82, 2.24) is 9.21 Å². The third-order valence-electron chi connectivity index (χ3n) is 8.34. The van der Waals surface area contributed by atoms with Gasteiger partial charge < -0.3 is 16.0 Å². The maximum absolute atomic E-state index is 13.2. The van der Waals surface area contributed by atoms with Crippen LogP contribution in [0.5, 0.6) is 0 Å². The number of carbonyl (C=O) groups is 1. The first-order valence-electron chi connectivity index (χ1n) is 13.5. The summed E-state index contributed by atoms with van der Waals surface area (Å²) >= 11 is 12.6. The van der Waals surface area contributed by atoms with Crippen molar-refractivity contribution in [1.29, 1.82) is 0 Å². The summed E-state index contributed by atoms with van der Waals surface area (Å²) in [7, 11) is -3.58. The molecule has 0 aliphatic carbocycles. The molecule has 0 radical (unpaired) electrons. The minimum absolute atomic E-state index is 0.299. The highest BCUT2D eigenvalue weighted by molar-refractivity contribution is 7.89. The lowest BCUT2D eigenvalue weighted by Crippen LogP contribution is -2.61. The van der Waals surface area contributed by atoms with Gasteiger partial charge >= 0.3 is 0 Å². The normalized spacial score (nSPS) is 19.1. The first-order valence-corrected chi connectivity index (χ1v) is 15.7. The predicted octanol–water partition coefficient (Wildman–Crippen LogP) is 5.15. The Bertz CT molecular complexity index is 1440. The number of piperidine rings is 1. The average molecular weight is 602 g/mol. The number of nitrogens with two attached hydrogens (primary N) is 1. The van der Waals surface area contributed by atoms with Crippen molar-refractivity contribution >= 4 is 44.8 Å². The van der Waals surface area contributed by atoms with Crippen LogP contribution >= 0.6 is 23.2 Å². The van der Waals surface area contributed by atoms with E-state index >= 15 is 0 Å². The molecule has 212 valence electrons. The molecule has 2 saturated heterocycles. The number of primary amides is 1. The number of carbonyl (C=O) groups excluding carboxylic acids is 1. The summed E-state index contributed by atoms with van der Waals surface area (Å²) in [5.74, 6) is -0.330. The summed E-state index contributed by atoms with van der Waals surface area (Å²) in [6.45, 7) is 3.10. The van der Waals surface area contributed by atoms with Crippen LogP contribution in [-0.2, 0) is 20.2 Å². The van der Waals surface area contributed by atoms with Gasteiger partial charge in [-0.25, -0.2) is 8.42 Å². The second-order valence-electron chi connectivity index (χ2n) is 10.9. The van der Waals surface area contributed by atoms with Crippen molar-refractivity contribution < 1.29 is 13.2 Å². The van der Waals surface area contributed by atoms with Gasteiger partial charge in [0, 0.05) is 37.3 Å². The van der Waals surface area contributed by atoms with Gasteiger partial charge in [-0.2, -0.15) is 4.31 Å². The molecule has 5 rings (SSSR count). The molecule has 0 bridgehead atoms. The zero-order valence-electron chi connectivity index (χ0n) is 22.2. The van der Waals surface area contributed by atoms with Crippen molar-refractivity contribution in [3.63, 3.8) is 0 Å². The second kappa shape index (κ2) is 11.7. The van der Waals surface area contributed by atoms with E-state index in [-0.39, 0.29) is 11.3 Å². The third-order valence-corrected chi connectivity index (χ3v) is 10.9. The van der Waals surface area contributed by atoms with Gasteiger partial charge in [-0.15, -0.1) is 0 Å². The van der Waals surface area contributed by atoms with Crippen molar-refractivity contribution in [3.8, 4) is 0 Å². The van der Waals surface area contributed by atoms with Gasteiger partial charge in [0.1, 0.15) is 5.54 Å². The SMILES string of the molecule is NC(=O)C1(Nc2ccccc2)CCN(CCCC2(c3ccc(Cl)c(Cl)c3)CN(S(=O)(=O)c3ccccc3)C2)CC1. The predicted molar refractivity (Wildman–Crippen MR) is 160 cm³/mol. The summed E-state index contributed by atoms with van der Waals surface area (Å²) in [6, 6.07) is 23.8. The van der Waals surface area contributed by atoms with Crippen LogP contribution in [0.2, 0.25) is 10.0 Å². The maximum atomic E-state index is 13.2. The second-order valence-corrected chi connectivity index (χ2v) is 13.6. The number of amides is 1. The lowest BCUT2D eigenvalue weighted by molar-refractivity contribution is -0.123. The fourth-order valence-corrected chi connectivity index (χ4v) is 7.81. The molecule has 10 heteroatoms. The number of hydrogen-bond donors (Lipinski definition) is 2. The standard InChI is InChI=1S/C30H34Cl2N4O3S/c31-26-13-12-23(20-27(26)32)29(21-36(22-29)40(38,39)25-10-5-2-6-11-25)14-7-17-35-18-15-30(16-19-35,28(33)37)34-24-8-3-1-4-9-24/h1-6,8-13,20,34H,7,14-19,21-22H2,(H2,33,37). The van der Waals surface area contributed by atoms with Crippen LogP contribution < -0.4 is 11.1 Å². The Morgan fingerprint density at radius 3 is 2.12 bits per heavy atom. The minimum Gasteiger partial charge on any atom is -0.371 e. The first kappa shape index (κ1) is 28.9. The molecule has 1 amide bonds. The van der Waals surface area contributed by atoms with E-state index in [9.17, 15) is 13.2 Å². The molecule has 40 heavy (non-hydrogen) atoms. The van der Waals surface area contributed by atoms with Gasteiger partial charge in [0.25, 0.3) is 0 Å². The van der Waals surface area contributed by atoms with Gasteiger partial charge in [-0.1, -0.05) is 65.7 Å². The number of anilines is 1. The molecule has 2 fully saturated rings. The molecule has 2 heterocycles. The molecule has 3 aromatic carbocycles. The fraction of sp³-hybridized carbons (Fsp3) is 0.367. The molecule has 2 aliphatic heterocycles. The highest BCUT2D eigenvalue weighted by Crippen LogP contribution is 2.43. The Kier molecular flexibility index (Phi) is 8.45. The molecule has 0 aromatic heterocycles. The highest BCUT2D eigenvalue weighted by atomic mass is 35.5. The van der Waals surface area contributed by atoms with Crippen LogP contribution in [0.15, 0.2) is 83.8 Å². The van der Waals surface area contributed by atoms with Crippen LogP contribution in [-0.4, -0.2) is 61.8 Å². The van der Waals surface area contributed by atoms with Gasteiger partial charge in [-0.05, 0) is 74.2 Å². The highest BCUT2D eigenvalue weighted by Gasteiger charge is 2.49. The number of para-hydroxylation sites is 1. The van der Waals surface area contributed by atoms with Crippen LogP contribution in [0.4, 0.5) is 5.69 Å². The van der Waals surface area contributed by atoms with E-state index in [1.54, 1.807) is 40.7 Å². The molecular weight excluding hydrogens is 567 g/mol. The molecule has 3 N–H and O–H groups in total. The maximum Gasteiger partial charge on any atom is 0.243 e. The van der Waals surface area contributed by atoms with E-state index in [0.29, 0.717) is 40.9 Å². The third kappa shape index (κ3) is 5.87. The smallest absolute Gasteiger partial charge is 0.243 e. The average Bonchev–Trinajstić information content (AvgIpc) is 2.93. The van der Waals surface area contributed by atoms with E-state index in [2.05, 4.69) is 10.2 Å². The van der Waals surface area contributed by atoms with Crippen molar-refractivity contribution in [2.75, 3.05) is 38.0 Å². The van der Waals surface area contributed by atoms with Gasteiger partial charge in [-0.3, -0.25) is 4.79 Å². The monoisotopic (exact) mass is 600 g/mol. The summed E-state index contributed by atoms with van der Waals surface area (Å²) in [6.07, 6.45) is 2.91. The summed E-state index contributed by atoms with van der Waals surface area (Å²) < 4.78 is 28.0.